The van der Waals surface area contributed by atoms with Crippen molar-refractivity contribution in [2.24, 2.45) is 5.41 Å². The van der Waals surface area contributed by atoms with Crippen molar-refractivity contribution in [2.75, 3.05) is 6.61 Å². The Morgan fingerprint density at radius 2 is 1.84 bits per heavy atom. The molecule has 2 aromatic rings. The summed E-state index contributed by atoms with van der Waals surface area (Å²) in [6.45, 7) is 0.227. The van der Waals surface area contributed by atoms with Gasteiger partial charge in [0, 0.05) is 23.2 Å². The maximum Gasteiger partial charge on any atom is 0.258 e. The van der Waals surface area contributed by atoms with Crippen LogP contribution in [0.25, 0.3) is 0 Å². The first-order chi connectivity index (χ1) is 14.9. The average molecular weight is 446 g/mol. The van der Waals surface area contributed by atoms with E-state index >= 15 is 0 Å². The van der Waals surface area contributed by atoms with E-state index in [4.69, 9.17) is 16.3 Å². The molecule has 0 unspecified atom stereocenters. The van der Waals surface area contributed by atoms with Gasteiger partial charge in [0.05, 0.1) is 17.3 Å². The first-order valence-electron chi connectivity index (χ1n) is 10.5. The second-order valence-corrected chi connectivity index (χ2v) is 8.88. The first kappa shape index (κ1) is 21.6. The molecule has 0 spiro atoms. The van der Waals surface area contributed by atoms with Crippen LogP contribution >= 0.6 is 11.6 Å². The molecule has 5 rings (SSSR count). The van der Waals surface area contributed by atoms with E-state index in [9.17, 15) is 14.0 Å². The van der Waals surface area contributed by atoms with Gasteiger partial charge in [0.15, 0.2) is 6.61 Å². The molecule has 0 atom stereocenters. The zero-order valence-corrected chi connectivity index (χ0v) is 17.9. The fourth-order valence-corrected chi connectivity index (χ4v) is 4.74. The lowest BCUT2D eigenvalue weighted by Gasteiger charge is -2.52. The number of hydrogen-bond donors (Lipinski definition) is 2. The molecule has 3 aliphatic carbocycles. The predicted octanol–water partition coefficient (Wildman–Crippen LogP) is 3.78. The Morgan fingerprint density at radius 3 is 2.48 bits per heavy atom. The van der Waals surface area contributed by atoms with Crippen molar-refractivity contribution in [1.29, 1.82) is 0 Å². The fourth-order valence-electron chi connectivity index (χ4n) is 4.62. The van der Waals surface area contributed by atoms with Crippen LogP contribution in [0.5, 0.6) is 5.75 Å². The summed E-state index contributed by atoms with van der Waals surface area (Å²) in [5.41, 5.74) is 0.175. The Kier molecular flexibility index (Phi) is 6.14. The van der Waals surface area contributed by atoms with Gasteiger partial charge in [-0.05, 0) is 62.8 Å². The molecule has 8 heteroatoms. The van der Waals surface area contributed by atoms with Crippen molar-refractivity contribution >= 4 is 23.4 Å². The molecule has 1 aromatic heterocycles. The van der Waals surface area contributed by atoms with Crippen LogP contribution < -0.4 is 15.4 Å². The lowest BCUT2D eigenvalue weighted by molar-refractivity contribution is -0.140. The highest BCUT2D eigenvalue weighted by Gasteiger charge is 2.52. The standard InChI is InChI=1S/C23H25ClFN3O3/c24-18-5-4-17(13-19(18)25)31-15-20(29)28-23-9-6-22(7-10-23,8-11-23)21(30)27-14-16-3-1-2-12-26-16/h1-5,12-13H,6-11,14-15H2,(H,27,30)(H,28,29). The molecule has 3 fully saturated rings. The van der Waals surface area contributed by atoms with Crippen LogP contribution in [0.2, 0.25) is 5.02 Å². The summed E-state index contributed by atoms with van der Waals surface area (Å²) in [6, 6.07) is 9.71. The highest BCUT2D eigenvalue weighted by atomic mass is 35.5. The molecule has 6 nitrogen and oxygen atoms in total. The number of amides is 2. The summed E-state index contributed by atoms with van der Waals surface area (Å²) >= 11 is 5.66. The van der Waals surface area contributed by atoms with Crippen molar-refractivity contribution in [1.82, 2.24) is 15.6 Å². The Labute approximate surface area is 185 Å². The summed E-state index contributed by atoms with van der Waals surface area (Å²) in [5, 5.41) is 6.15. The quantitative estimate of drug-likeness (QED) is 0.679. The molecular weight excluding hydrogens is 421 g/mol. The number of ether oxygens (including phenoxy) is 1. The second kappa shape index (κ2) is 8.83. The first-order valence-corrected chi connectivity index (χ1v) is 10.8. The third-order valence-electron chi connectivity index (χ3n) is 6.55. The number of nitrogens with one attached hydrogen (secondary N) is 2. The van der Waals surface area contributed by atoms with Crippen LogP contribution in [0.15, 0.2) is 42.6 Å². The summed E-state index contributed by atoms with van der Waals surface area (Å²) in [5.74, 6) is -0.504. The number of carbonyl (C=O) groups excluding carboxylic acids is 2. The average Bonchev–Trinajstić information content (AvgIpc) is 2.80. The molecule has 0 radical (unpaired) electrons. The van der Waals surface area contributed by atoms with E-state index < -0.39 is 5.82 Å². The van der Waals surface area contributed by atoms with Crippen LogP contribution in [0, 0.1) is 11.2 Å². The van der Waals surface area contributed by atoms with Gasteiger partial charge in [0.2, 0.25) is 5.91 Å². The minimum Gasteiger partial charge on any atom is -0.484 e. The van der Waals surface area contributed by atoms with Gasteiger partial charge in [-0.3, -0.25) is 14.6 Å². The normalized spacial score (nSPS) is 24.5. The number of hydrogen-bond acceptors (Lipinski definition) is 4. The fraction of sp³-hybridized carbons (Fsp3) is 0.435. The smallest absolute Gasteiger partial charge is 0.258 e. The molecule has 3 aliphatic rings. The molecule has 2 amide bonds. The predicted molar refractivity (Wildman–Crippen MR) is 114 cm³/mol. The number of halogens is 2. The Morgan fingerprint density at radius 1 is 1.10 bits per heavy atom. The SMILES string of the molecule is O=C(COc1ccc(Cl)c(F)c1)NC12CCC(C(=O)NCc3ccccn3)(CC1)CC2. The van der Waals surface area contributed by atoms with Gasteiger partial charge >= 0.3 is 0 Å². The van der Waals surface area contributed by atoms with Gasteiger partial charge in [0.25, 0.3) is 5.91 Å². The molecule has 1 heterocycles. The van der Waals surface area contributed by atoms with Gasteiger partial charge in [-0.15, -0.1) is 0 Å². The third-order valence-corrected chi connectivity index (χ3v) is 6.86. The van der Waals surface area contributed by atoms with E-state index in [0.717, 1.165) is 50.3 Å². The van der Waals surface area contributed by atoms with E-state index in [1.54, 1.807) is 6.20 Å². The minimum absolute atomic E-state index is 0.00709. The number of carbonyl (C=O) groups is 2. The van der Waals surface area contributed by atoms with Crippen LogP contribution in [0.1, 0.15) is 44.2 Å². The van der Waals surface area contributed by atoms with E-state index in [2.05, 4.69) is 15.6 Å². The van der Waals surface area contributed by atoms with E-state index in [-0.39, 0.29) is 40.1 Å². The third kappa shape index (κ3) is 4.82. The summed E-state index contributed by atoms with van der Waals surface area (Å²) in [6.07, 6.45) is 6.20. The van der Waals surface area contributed by atoms with Crippen molar-refractivity contribution < 1.29 is 18.7 Å². The summed E-state index contributed by atoms with van der Waals surface area (Å²) in [7, 11) is 0. The summed E-state index contributed by atoms with van der Waals surface area (Å²) < 4.78 is 18.9. The molecule has 3 saturated carbocycles. The number of nitrogens with zero attached hydrogens (tertiary/aromatic N) is 1. The zero-order chi connectivity index (χ0) is 21.9. The number of aromatic nitrogens is 1. The van der Waals surface area contributed by atoms with Crippen molar-refractivity contribution in [3.63, 3.8) is 0 Å². The zero-order valence-electron chi connectivity index (χ0n) is 17.1. The van der Waals surface area contributed by atoms with Crippen LogP contribution in [-0.2, 0) is 16.1 Å². The number of pyridine rings is 1. The Bertz CT molecular complexity index is 945. The molecular formula is C23H25ClFN3O3. The lowest BCUT2D eigenvalue weighted by atomic mass is 9.57. The molecule has 31 heavy (non-hydrogen) atoms. The van der Waals surface area contributed by atoms with Gasteiger partial charge in [0.1, 0.15) is 11.6 Å². The number of rotatable bonds is 7. The Balaban J connectivity index is 1.27. The molecule has 0 aliphatic heterocycles. The van der Waals surface area contributed by atoms with Gasteiger partial charge in [-0.1, -0.05) is 17.7 Å². The van der Waals surface area contributed by atoms with E-state index in [0.29, 0.717) is 6.54 Å². The molecule has 164 valence electrons. The topological polar surface area (TPSA) is 80.3 Å². The minimum atomic E-state index is -0.588. The largest absolute Gasteiger partial charge is 0.484 e. The molecule has 2 N–H and O–H groups in total. The van der Waals surface area contributed by atoms with Crippen molar-refractivity contribution in [2.45, 2.75) is 50.6 Å². The number of benzene rings is 1. The highest BCUT2D eigenvalue weighted by molar-refractivity contribution is 6.30. The lowest BCUT2D eigenvalue weighted by Crippen LogP contribution is -2.60. The Hall–Kier alpha value is -2.67. The van der Waals surface area contributed by atoms with E-state index in [1.807, 2.05) is 18.2 Å². The second-order valence-electron chi connectivity index (χ2n) is 8.48. The van der Waals surface area contributed by atoms with E-state index in [1.165, 1.54) is 12.1 Å². The molecule has 1 aromatic carbocycles. The maximum absolute atomic E-state index is 13.5. The maximum atomic E-state index is 13.5. The van der Waals surface area contributed by atoms with Crippen LogP contribution in [-0.4, -0.2) is 28.9 Å². The highest BCUT2D eigenvalue weighted by Crippen LogP contribution is 2.52. The van der Waals surface area contributed by atoms with Gasteiger partial charge < -0.3 is 15.4 Å². The monoisotopic (exact) mass is 445 g/mol. The van der Waals surface area contributed by atoms with Gasteiger partial charge in [-0.2, -0.15) is 0 Å². The van der Waals surface area contributed by atoms with Crippen LogP contribution in [0.4, 0.5) is 4.39 Å². The van der Waals surface area contributed by atoms with Gasteiger partial charge in [-0.25, -0.2) is 4.39 Å². The van der Waals surface area contributed by atoms with Crippen molar-refractivity contribution in [3.8, 4) is 5.75 Å². The van der Waals surface area contributed by atoms with Crippen LogP contribution in [0.3, 0.4) is 0 Å². The molecule has 0 saturated heterocycles. The van der Waals surface area contributed by atoms with Crippen molar-refractivity contribution in [3.05, 3.63) is 59.1 Å². The summed E-state index contributed by atoms with van der Waals surface area (Å²) in [4.78, 5) is 29.6. The number of fused-ring (bicyclic) bond motifs is 3. The molecule has 2 bridgehead atoms.